The van der Waals surface area contributed by atoms with Crippen molar-refractivity contribution < 1.29 is 0 Å². The fourth-order valence-electron chi connectivity index (χ4n) is 0.258. The highest BCUT2D eigenvalue weighted by molar-refractivity contribution is 14.0. The van der Waals surface area contributed by atoms with E-state index in [0.29, 0.717) is 0 Å². The number of aromatic nitrogens is 3. The second-order valence-electron chi connectivity index (χ2n) is 1.00. The Kier molecular flexibility index (Phi) is 3.33. The molecule has 0 aliphatic heterocycles. The summed E-state index contributed by atoms with van der Waals surface area (Å²) >= 11 is 0. The SMILES string of the molecule is I.Nc1nccnn1. The maximum absolute atomic E-state index is 5.07. The Hall–Kier alpha value is -0.460. The summed E-state index contributed by atoms with van der Waals surface area (Å²) in [5.74, 6) is 0.211. The fraction of sp³-hybridized carbons (Fsp3) is 0. The second kappa shape index (κ2) is 3.53. The number of halogens is 1. The molecule has 1 rings (SSSR count). The molecule has 0 aliphatic carbocycles. The Balaban J connectivity index is 0.000000490. The molecule has 0 aliphatic rings. The summed E-state index contributed by atoms with van der Waals surface area (Å²) in [4.78, 5) is 3.58. The van der Waals surface area contributed by atoms with Crippen LogP contribution in [0, 0.1) is 0 Å². The molecule has 0 fully saturated rings. The molecule has 1 aromatic rings. The van der Waals surface area contributed by atoms with E-state index in [2.05, 4.69) is 15.2 Å². The molecule has 0 saturated heterocycles. The van der Waals surface area contributed by atoms with Crippen molar-refractivity contribution in [2.24, 2.45) is 0 Å². The van der Waals surface area contributed by atoms with Gasteiger partial charge in [0.2, 0.25) is 5.95 Å². The third-order valence-electron chi connectivity index (χ3n) is 0.500. The Morgan fingerprint density at radius 3 is 2.38 bits per heavy atom. The third kappa shape index (κ3) is 2.01. The molecular formula is C3H5IN4. The van der Waals surface area contributed by atoms with Crippen LogP contribution in [-0.2, 0) is 0 Å². The smallest absolute Gasteiger partial charge is 0.240 e. The monoisotopic (exact) mass is 224 g/mol. The van der Waals surface area contributed by atoms with Crippen molar-refractivity contribution in [3.63, 3.8) is 0 Å². The van der Waals surface area contributed by atoms with Crippen LogP contribution in [-0.4, -0.2) is 15.2 Å². The number of anilines is 1. The van der Waals surface area contributed by atoms with Gasteiger partial charge in [-0.05, 0) is 0 Å². The molecule has 0 saturated carbocycles. The number of hydrogen-bond donors (Lipinski definition) is 1. The zero-order chi connectivity index (χ0) is 5.11. The van der Waals surface area contributed by atoms with Crippen molar-refractivity contribution in [2.75, 3.05) is 5.73 Å². The van der Waals surface area contributed by atoms with Gasteiger partial charge in [-0.2, -0.15) is 5.10 Å². The van der Waals surface area contributed by atoms with Crippen molar-refractivity contribution in [3.8, 4) is 0 Å². The minimum atomic E-state index is 0. The van der Waals surface area contributed by atoms with E-state index in [0.717, 1.165) is 0 Å². The molecule has 0 amide bonds. The first-order chi connectivity index (χ1) is 3.39. The van der Waals surface area contributed by atoms with E-state index in [4.69, 9.17) is 5.73 Å². The Morgan fingerprint density at radius 2 is 2.12 bits per heavy atom. The minimum Gasteiger partial charge on any atom is -0.366 e. The zero-order valence-corrected chi connectivity index (χ0v) is 6.31. The van der Waals surface area contributed by atoms with E-state index < -0.39 is 0 Å². The summed E-state index contributed by atoms with van der Waals surface area (Å²) in [7, 11) is 0. The van der Waals surface area contributed by atoms with Crippen molar-refractivity contribution in [2.45, 2.75) is 0 Å². The van der Waals surface area contributed by atoms with Crippen LogP contribution < -0.4 is 5.73 Å². The molecule has 0 radical (unpaired) electrons. The van der Waals surface area contributed by atoms with E-state index in [1.165, 1.54) is 12.4 Å². The lowest BCUT2D eigenvalue weighted by molar-refractivity contribution is 0.986. The molecule has 0 atom stereocenters. The van der Waals surface area contributed by atoms with Crippen molar-refractivity contribution >= 4 is 29.9 Å². The predicted octanol–water partition coefficient (Wildman–Crippen LogP) is 0.0718. The molecule has 2 N–H and O–H groups in total. The van der Waals surface area contributed by atoms with Gasteiger partial charge in [-0.3, -0.25) is 0 Å². The Morgan fingerprint density at radius 1 is 1.38 bits per heavy atom. The van der Waals surface area contributed by atoms with E-state index >= 15 is 0 Å². The molecule has 8 heavy (non-hydrogen) atoms. The van der Waals surface area contributed by atoms with E-state index in [9.17, 15) is 0 Å². The summed E-state index contributed by atoms with van der Waals surface area (Å²) in [5, 5.41) is 6.84. The highest BCUT2D eigenvalue weighted by Crippen LogP contribution is 1.77. The lowest BCUT2D eigenvalue weighted by atomic mass is 10.9. The molecular weight excluding hydrogens is 219 g/mol. The van der Waals surface area contributed by atoms with E-state index in [-0.39, 0.29) is 29.9 Å². The van der Waals surface area contributed by atoms with Gasteiger partial charge in [-0.1, -0.05) is 0 Å². The first-order valence-electron chi connectivity index (χ1n) is 1.79. The summed E-state index contributed by atoms with van der Waals surface area (Å²) in [6.07, 6.45) is 2.96. The largest absolute Gasteiger partial charge is 0.366 e. The molecule has 0 unspecified atom stereocenters. The Labute approximate surface area is 63.5 Å². The van der Waals surface area contributed by atoms with Crippen LogP contribution in [0.5, 0.6) is 0 Å². The van der Waals surface area contributed by atoms with E-state index in [1.807, 2.05) is 0 Å². The van der Waals surface area contributed by atoms with Crippen molar-refractivity contribution in [1.82, 2.24) is 15.2 Å². The number of nitrogen functional groups attached to an aromatic ring is 1. The molecule has 1 aromatic heterocycles. The number of nitrogens with two attached hydrogens (primary N) is 1. The first kappa shape index (κ1) is 7.54. The second-order valence-corrected chi connectivity index (χ2v) is 1.00. The van der Waals surface area contributed by atoms with Crippen molar-refractivity contribution in [1.29, 1.82) is 0 Å². The van der Waals surface area contributed by atoms with Gasteiger partial charge in [0.05, 0.1) is 12.4 Å². The standard InChI is InChI=1S/C3H4N4.HI/c4-3-5-1-2-6-7-3;/h1-2H,(H2,4,5,7);1H. The maximum atomic E-state index is 5.07. The fourth-order valence-corrected chi connectivity index (χ4v) is 0.258. The van der Waals surface area contributed by atoms with Gasteiger partial charge in [0, 0.05) is 0 Å². The van der Waals surface area contributed by atoms with Crippen LogP contribution >= 0.6 is 24.0 Å². The number of nitrogens with zero attached hydrogens (tertiary/aromatic N) is 3. The van der Waals surface area contributed by atoms with Crippen LogP contribution in [0.3, 0.4) is 0 Å². The quantitative estimate of drug-likeness (QED) is 0.633. The average molecular weight is 224 g/mol. The van der Waals surface area contributed by atoms with Crippen LogP contribution in [0.15, 0.2) is 12.4 Å². The summed E-state index contributed by atoms with van der Waals surface area (Å²) in [6.45, 7) is 0. The van der Waals surface area contributed by atoms with Crippen LogP contribution in [0.25, 0.3) is 0 Å². The molecule has 0 spiro atoms. The molecule has 5 heteroatoms. The van der Waals surface area contributed by atoms with Gasteiger partial charge in [0.25, 0.3) is 0 Å². The summed E-state index contributed by atoms with van der Waals surface area (Å²) < 4.78 is 0. The highest BCUT2D eigenvalue weighted by atomic mass is 127. The van der Waals surface area contributed by atoms with Crippen LogP contribution in [0.4, 0.5) is 5.95 Å². The van der Waals surface area contributed by atoms with Gasteiger partial charge >= 0.3 is 0 Å². The van der Waals surface area contributed by atoms with Gasteiger partial charge in [0.15, 0.2) is 0 Å². The lowest BCUT2D eigenvalue weighted by Crippen LogP contribution is -1.93. The summed E-state index contributed by atoms with van der Waals surface area (Å²) in [6, 6.07) is 0. The Bertz CT molecular complexity index is 141. The van der Waals surface area contributed by atoms with Crippen LogP contribution in [0.1, 0.15) is 0 Å². The zero-order valence-electron chi connectivity index (χ0n) is 3.98. The van der Waals surface area contributed by atoms with Gasteiger partial charge < -0.3 is 5.73 Å². The molecule has 1 heterocycles. The highest BCUT2D eigenvalue weighted by Gasteiger charge is 1.76. The molecule has 44 valence electrons. The molecule has 4 nitrogen and oxygen atoms in total. The van der Waals surface area contributed by atoms with Gasteiger partial charge in [-0.25, -0.2) is 4.98 Å². The molecule has 0 aromatic carbocycles. The van der Waals surface area contributed by atoms with Crippen LogP contribution in [0.2, 0.25) is 0 Å². The minimum absolute atomic E-state index is 0. The van der Waals surface area contributed by atoms with E-state index in [1.54, 1.807) is 0 Å². The van der Waals surface area contributed by atoms with Gasteiger partial charge in [0.1, 0.15) is 0 Å². The topological polar surface area (TPSA) is 64.7 Å². The maximum Gasteiger partial charge on any atom is 0.240 e. The number of rotatable bonds is 0. The summed E-state index contributed by atoms with van der Waals surface area (Å²) in [5.41, 5.74) is 5.07. The normalized spacial score (nSPS) is 7.50. The predicted molar refractivity (Wildman–Crippen MR) is 39.7 cm³/mol. The van der Waals surface area contributed by atoms with Gasteiger partial charge in [-0.15, -0.1) is 29.1 Å². The number of hydrogen-bond acceptors (Lipinski definition) is 4. The average Bonchev–Trinajstić information content (AvgIpc) is 1.69. The first-order valence-corrected chi connectivity index (χ1v) is 1.79. The lowest BCUT2D eigenvalue weighted by Gasteiger charge is -1.80. The van der Waals surface area contributed by atoms with Crippen molar-refractivity contribution in [3.05, 3.63) is 12.4 Å². The molecule has 0 bridgehead atoms. The third-order valence-corrected chi connectivity index (χ3v) is 0.500.